The van der Waals surface area contributed by atoms with E-state index in [2.05, 4.69) is 0 Å². The second-order valence-corrected chi connectivity index (χ2v) is 6.91. The van der Waals surface area contributed by atoms with E-state index in [1.165, 1.54) is 6.07 Å². The first-order chi connectivity index (χ1) is 13.3. The zero-order valence-corrected chi connectivity index (χ0v) is 15.9. The van der Waals surface area contributed by atoms with Crippen LogP contribution in [0.25, 0.3) is 0 Å². The molecular formula is C21H23F3N2O2. The molecule has 7 heteroatoms. The molecule has 150 valence electrons. The number of anilines is 1. The predicted molar refractivity (Wildman–Crippen MR) is 102 cm³/mol. The van der Waals surface area contributed by atoms with Crippen molar-refractivity contribution in [1.82, 2.24) is 4.90 Å². The normalized spacial score (nSPS) is 14.9. The second-order valence-electron chi connectivity index (χ2n) is 6.91. The van der Waals surface area contributed by atoms with E-state index in [9.17, 15) is 18.0 Å². The highest BCUT2D eigenvalue weighted by atomic mass is 19.4. The maximum Gasteiger partial charge on any atom is 0.416 e. The van der Waals surface area contributed by atoms with Crippen molar-refractivity contribution in [1.29, 1.82) is 0 Å². The number of benzene rings is 2. The molecule has 0 spiro atoms. The van der Waals surface area contributed by atoms with Gasteiger partial charge in [0, 0.05) is 37.4 Å². The molecule has 3 rings (SSSR count). The van der Waals surface area contributed by atoms with E-state index < -0.39 is 11.7 Å². The number of ether oxygens (including phenoxy) is 1. The van der Waals surface area contributed by atoms with Crippen LogP contribution in [0.1, 0.15) is 16.7 Å². The van der Waals surface area contributed by atoms with Crippen molar-refractivity contribution in [3.05, 3.63) is 59.2 Å². The van der Waals surface area contributed by atoms with Crippen LogP contribution in [0.3, 0.4) is 0 Å². The maximum absolute atomic E-state index is 12.9. The first kappa shape index (κ1) is 20.0. The highest BCUT2D eigenvalue weighted by molar-refractivity contribution is 5.80. The summed E-state index contributed by atoms with van der Waals surface area (Å²) in [6, 6.07) is 11.0. The summed E-state index contributed by atoms with van der Waals surface area (Å²) < 4.78 is 44.1. The minimum atomic E-state index is -4.36. The van der Waals surface area contributed by atoms with Gasteiger partial charge in [0.05, 0.1) is 19.1 Å². The Morgan fingerprint density at radius 2 is 1.79 bits per heavy atom. The van der Waals surface area contributed by atoms with Crippen molar-refractivity contribution in [2.75, 3.05) is 38.2 Å². The Bertz CT molecular complexity index is 844. The molecular weight excluding hydrogens is 369 g/mol. The fourth-order valence-electron chi connectivity index (χ4n) is 3.41. The Balaban J connectivity index is 1.63. The van der Waals surface area contributed by atoms with E-state index in [-0.39, 0.29) is 12.3 Å². The van der Waals surface area contributed by atoms with Crippen LogP contribution in [0.5, 0.6) is 5.75 Å². The summed E-state index contributed by atoms with van der Waals surface area (Å²) in [5.41, 5.74) is 1.77. The van der Waals surface area contributed by atoms with Crippen molar-refractivity contribution >= 4 is 11.6 Å². The van der Waals surface area contributed by atoms with Gasteiger partial charge in [0.1, 0.15) is 5.75 Å². The lowest BCUT2D eigenvalue weighted by atomic mass is 10.1. The van der Waals surface area contributed by atoms with Gasteiger partial charge in [-0.2, -0.15) is 13.2 Å². The number of hydrogen-bond acceptors (Lipinski definition) is 3. The van der Waals surface area contributed by atoms with Gasteiger partial charge in [-0.25, -0.2) is 0 Å². The van der Waals surface area contributed by atoms with Crippen molar-refractivity contribution < 1.29 is 22.7 Å². The quantitative estimate of drug-likeness (QED) is 0.791. The summed E-state index contributed by atoms with van der Waals surface area (Å²) in [5.74, 6) is 0.675. The molecule has 1 amide bonds. The van der Waals surface area contributed by atoms with Crippen LogP contribution >= 0.6 is 0 Å². The predicted octanol–water partition coefficient (Wildman–Crippen LogP) is 3.91. The number of methoxy groups -OCH3 is 1. The molecule has 1 heterocycles. The van der Waals surface area contributed by atoms with E-state index >= 15 is 0 Å². The minimum absolute atomic E-state index is 0.00686. The molecule has 2 aromatic carbocycles. The third-order valence-electron chi connectivity index (χ3n) is 4.95. The first-order valence-electron chi connectivity index (χ1n) is 9.11. The van der Waals surface area contributed by atoms with Gasteiger partial charge in [-0.1, -0.05) is 23.8 Å². The fourth-order valence-corrected chi connectivity index (χ4v) is 3.41. The highest BCUT2D eigenvalue weighted by Crippen LogP contribution is 2.32. The van der Waals surface area contributed by atoms with E-state index in [0.29, 0.717) is 37.6 Å². The smallest absolute Gasteiger partial charge is 0.416 e. The van der Waals surface area contributed by atoms with E-state index in [1.54, 1.807) is 18.1 Å². The maximum atomic E-state index is 12.9. The number of hydrogen-bond donors (Lipinski definition) is 0. The van der Waals surface area contributed by atoms with Crippen molar-refractivity contribution in [3.63, 3.8) is 0 Å². The SMILES string of the molecule is COc1ccc(C)cc1CC(=O)N1CCN(c2cccc(C(F)(F)F)c2)CC1. The molecule has 1 fully saturated rings. The third-order valence-corrected chi connectivity index (χ3v) is 4.95. The number of amides is 1. The zero-order chi connectivity index (χ0) is 20.3. The molecule has 0 N–H and O–H groups in total. The lowest BCUT2D eigenvalue weighted by Gasteiger charge is -2.36. The van der Waals surface area contributed by atoms with Gasteiger partial charge >= 0.3 is 6.18 Å². The first-order valence-corrected chi connectivity index (χ1v) is 9.11. The molecule has 1 saturated heterocycles. The van der Waals surface area contributed by atoms with E-state index in [0.717, 1.165) is 23.3 Å². The standard InChI is InChI=1S/C21H23F3N2O2/c1-15-6-7-19(28-2)16(12-15)13-20(27)26-10-8-25(9-11-26)18-5-3-4-17(14-18)21(22,23)24/h3-7,12,14H,8-11,13H2,1-2H3. The topological polar surface area (TPSA) is 32.8 Å². The summed E-state index contributed by atoms with van der Waals surface area (Å²) in [6.45, 7) is 3.91. The summed E-state index contributed by atoms with van der Waals surface area (Å²) in [6.07, 6.45) is -4.12. The van der Waals surface area contributed by atoms with Crippen LogP contribution in [-0.4, -0.2) is 44.1 Å². The summed E-state index contributed by atoms with van der Waals surface area (Å²) in [4.78, 5) is 16.3. The molecule has 0 aliphatic carbocycles. The zero-order valence-electron chi connectivity index (χ0n) is 15.9. The molecule has 28 heavy (non-hydrogen) atoms. The van der Waals surface area contributed by atoms with Gasteiger partial charge in [-0.15, -0.1) is 0 Å². The molecule has 0 radical (unpaired) electrons. The molecule has 2 aromatic rings. The molecule has 0 atom stereocenters. The van der Waals surface area contributed by atoms with E-state index in [4.69, 9.17) is 4.74 Å². The summed E-state index contributed by atoms with van der Waals surface area (Å²) in [5, 5.41) is 0. The average Bonchev–Trinajstić information content (AvgIpc) is 2.68. The summed E-state index contributed by atoms with van der Waals surface area (Å²) >= 11 is 0. The number of halogens is 3. The molecule has 1 aliphatic rings. The van der Waals surface area contributed by atoms with Crippen LogP contribution in [0, 0.1) is 6.92 Å². The van der Waals surface area contributed by atoms with Crippen LogP contribution in [-0.2, 0) is 17.4 Å². The van der Waals surface area contributed by atoms with Crippen LogP contribution in [0.15, 0.2) is 42.5 Å². The lowest BCUT2D eigenvalue weighted by molar-refractivity contribution is -0.137. The molecule has 4 nitrogen and oxygen atoms in total. The molecule has 0 aromatic heterocycles. The van der Waals surface area contributed by atoms with Crippen LogP contribution in [0.2, 0.25) is 0 Å². The molecule has 0 bridgehead atoms. The highest BCUT2D eigenvalue weighted by Gasteiger charge is 2.31. The Kier molecular flexibility index (Phi) is 5.82. The Labute approximate surface area is 162 Å². The average molecular weight is 392 g/mol. The van der Waals surface area contributed by atoms with Gasteiger partial charge in [-0.05, 0) is 31.2 Å². The number of rotatable bonds is 4. The van der Waals surface area contributed by atoms with Crippen molar-refractivity contribution in [3.8, 4) is 5.75 Å². The largest absolute Gasteiger partial charge is 0.496 e. The van der Waals surface area contributed by atoms with Crippen LogP contribution < -0.4 is 9.64 Å². The van der Waals surface area contributed by atoms with Gasteiger partial charge in [0.2, 0.25) is 5.91 Å². The van der Waals surface area contributed by atoms with Crippen LogP contribution in [0.4, 0.5) is 18.9 Å². The molecule has 0 saturated carbocycles. The number of alkyl halides is 3. The molecule has 0 unspecified atom stereocenters. The molecule has 1 aliphatic heterocycles. The van der Waals surface area contributed by atoms with Gasteiger partial charge < -0.3 is 14.5 Å². The Morgan fingerprint density at radius 1 is 1.07 bits per heavy atom. The van der Waals surface area contributed by atoms with E-state index in [1.807, 2.05) is 30.0 Å². The number of aryl methyl sites for hydroxylation is 1. The van der Waals surface area contributed by atoms with Gasteiger partial charge in [0.25, 0.3) is 0 Å². The fraction of sp³-hybridized carbons (Fsp3) is 0.381. The number of carbonyl (C=O) groups excluding carboxylic acids is 1. The Morgan fingerprint density at radius 3 is 2.43 bits per heavy atom. The number of piperazine rings is 1. The minimum Gasteiger partial charge on any atom is -0.496 e. The van der Waals surface area contributed by atoms with Crippen molar-refractivity contribution in [2.24, 2.45) is 0 Å². The van der Waals surface area contributed by atoms with Gasteiger partial charge in [0.15, 0.2) is 0 Å². The third kappa shape index (κ3) is 4.58. The Hall–Kier alpha value is -2.70. The summed E-state index contributed by atoms with van der Waals surface area (Å²) in [7, 11) is 1.58. The monoisotopic (exact) mass is 392 g/mol. The number of nitrogens with zero attached hydrogens (tertiary/aromatic N) is 2. The van der Waals surface area contributed by atoms with Gasteiger partial charge in [-0.3, -0.25) is 4.79 Å². The lowest BCUT2D eigenvalue weighted by Crippen LogP contribution is -2.49. The number of carbonyl (C=O) groups is 1. The van der Waals surface area contributed by atoms with Crippen molar-refractivity contribution in [2.45, 2.75) is 19.5 Å². The second kappa shape index (κ2) is 8.12.